The Balaban J connectivity index is 1.30. The second kappa shape index (κ2) is 10.2. The van der Waals surface area contributed by atoms with E-state index in [1.54, 1.807) is 11.1 Å². The monoisotopic (exact) mass is 394 g/mol. The lowest BCUT2D eigenvalue weighted by Gasteiger charge is -2.44. The van der Waals surface area contributed by atoms with Crippen molar-refractivity contribution in [2.75, 3.05) is 6.61 Å². The number of hydrogen-bond acceptors (Lipinski definition) is 1. The van der Waals surface area contributed by atoms with Gasteiger partial charge in [0.05, 0.1) is 6.61 Å². The van der Waals surface area contributed by atoms with Gasteiger partial charge in [-0.3, -0.25) is 0 Å². The second-order valence-corrected chi connectivity index (χ2v) is 10.2. The van der Waals surface area contributed by atoms with Crippen molar-refractivity contribution in [3.63, 3.8) is 0 Å². The Morgan fingerprint density at radius 2 is 1.69 bits per heavy atom. The fraction of sp³-hybridized carbons (Fsp3) is 0.714. The van der Waals surface area contributed by atoms with Gasteiger partial charge in [-0.2, -0.15) is 0 Å². The number of hydrogen-bond donors (Lipinski definition) is 0. The topological polar surface area (TPSA) is 9.23 Å². The zero-order valence-electron chi connectivity index (χ0n) is 18.9. The molecule has 29 heavy (non-hydrogen) atoms. The van der Waals surface area contributed by atoms with E-state index in [0.717, 1.165) is 41.9 Å². The Hall–Kier alpha value is -1.24. The molecule has 1 nitrogen and oxygen atoms in total. The van der Waals surface area contributed by atoms with E-state index in [1.165, 1.54) is 77.0 Å². The van der Waals surface area contributed by atoms with E-state index in [-0.39, 0.29) is 0 Å². The van der Waals surface area contributed by atoms with Crippen LogP contribution in [0.5, 0.6) is 5.75 Å². The summed E-state index contributed by atoms with van der Waals surface area (Å²) >= 11 is 0. The number of allylic oxidation sites excluding steroid dienone is 2. The zero-order chi connectivity index (χ0) is 20.1. The van der Waals surface area contributed by atoms with Gasteiger partial charge in [-0.1, -0.05) is 38.0 Å². The molecule has 0 amide bonds. The summed E-state index contributed by atoms with van der Waals surface area (Å²) in [6.07, 6.45) is 21.3. The van der Waals surface area contributed by atoms with Gasteiger partial charge < -0.3 is 4.74 Å². The van der Waals surface area contributed by atoms with Crippen molar-refractivity contribution in [2.45, 2.75) is 90.9 Å². The molecule has 0 N–H and O–H groups in total. The molecule has 0 bridgehead atoms. The van der Waals surface area contributed by atoms with Crippen molar-refractivity contribution in [1.29, 1.82) is 0 Å². The van der Waals surface area contributed by atoms with Gasteiger partial charge in [-0.25, -0.2) is 0 Å². The maximum absolute atomic E-state index is 6.00. The molecular formula is C28H42O. The molecule has 5 unspecified atom stereocenters. The molecule has 4 rings (SSSR count). The van der Waals surface area contributed by atoms with Crippen LogP contribution in [-0.2, 0) is 12.8 Å². The number of unbranched alkanes of at least 4 members (excludes halogenated alkanes) is 2. The summed E-state index contributed by atoms with van der Waals surface area (Å²) < 4.78 is 6.00. The Morgan fingerprint density at radius 1 is 0.897 bits per heavy atom. The number of rotatable bonds is 7. The van der Waals surface area contributed by atoms with Crippen molar-refractivity contribution >= 4 is 0 Å². The molecule has 0 saturated heterocycles. The van der Waals surface area contributed by atoms with Crippen LogP contribution >= 0.6 is 0 Å². The molecule has 1 aromatic rings. The lowest BCUT2D eigenvalue weighted by atomic mass is 9.61. The molecule has 160 valence electrons. The van der Waals surface area contributed by atoms with E-state index < -0.39 is 0 Å². The summed E-state index contributed by atoms with van der Waals surface area (Å²) in [6.45, 7) is 5.30. The molecule has 0 heterocycles. The average molecular weight is 395 g/mol. The first-order valence-corrected chi connectivity index (χ1v) is 12.6. The van der Waals surface area contributed by atoms with E-state index >= 15 is 0 Å². The number of fused-ring (bicyclic) bond motifs is 2. The van der Waals surface area contributed by atoms with Crippen LogP contribution in [0.3, 0.4) is 0 Å². The fourth-order valence-electron chi connectivity index (χ4n) is 6.63. The number of benzene rings is 1. The predicted octanol–water partition coefficient (Wildman–Crippen LogP) is 7.77. The molecule has 3 aliphatic rings. The van der Waals surface area contributed by atoms with Crippen LogP contribution in [0.2, 0.25) is 0 Å². The largest absolute Gasteiger partial charge is 0.494 e. The minimum atomic E-state index is 0.870. The Labute approximate surface area is 179 Å². The van der Waals surface area contributed by atoms with E-state index in [1.807, 2.05) is 0 Å². The van der Waals surface area contributed by atoms with Gasteiger partial charge in [0.2, 0.25) is 0 Å². The Kier molecular flexibility index (Phi) is 7.38. The molecule has 0 spiro atoms. The quantitative estimate of drug-likeness (QED) is 0.339. The lowest BCUT2D eigenvalue weighted by molar-refractivity contribution is 0.0810. The summed E-state index contributed by atoms with van der Waals surface area (Å²) in [5.41, 5.74) is 3.18. The van der Waals surface area contributed by atoms with Gasteiger partial charge in [0.1, 0.15) is 5.75 Å². The van der Waals surface area contributed by atoms with Crippen LogP contribution in [0.4, 0.5) is 0 Å². The van der Waals surface area contributed by atoms with Gasteiger partial charge in [0.25, 0.3) is 0 Å². The second-order valence-electron chi connectivity index (χ2n) is 10.2. The lowest BCUT2D eigenvalue weighted by Crippen LogP contribution is -2.34. The summed E-state index contributed by atoms with van der Waals surface area (Å²) in [5.74, 6) is 5.91. The van der Waals surface area contributed by atoms with Gasteiger partial charge in [0.15, 0.2) is 0 Å². The fourth-order valence-corrected chi connectivity index (χ4v) is 6.63. The smallest absolute Gasteiger partial charge is 0.119 e. The first-order chi connectivity index (χ1) is 14.3. The van der Waals surface area contributed by atoms with Crippen molar-refractivity contribution < 1.29 is 4.74 Å². The molecular weight excluding hydrogens is 352 g/mol. The van der Waals surface area contributed by atoms with Crippen LogP contribution in [0.1, 0.15) is 89.2 Å². The highest BCUT2D eigenvalue weighted by Gasteiger charge is 2.38. The third-order valence-corrected chi connectivity index (χ3v) is 8.29. The molecule has 1 aromatic carbocycles. The summed E-state index contributed by atoms with van der Waals surface area (Å²) in [6, 6.07) is 6.95. The van der Waals surface area contributed by atoms with Crippen molar-refractivity contribution in [3.05, 3.63) is 41.5 Å². The Bertz CT molecular complexity index is 675. The van der Waals surface area contributed by atoms with Crippen LogP contribution < -0.4 is 4.74 Å². The van der Waals surface area contributed by atoms with Crippen molar-refractivity contribution in [1.82, 2.24) is 0 Å². The summed E-state index contributed by atoms with van der Waals surface area (Å²) in [4.78, 5) is 0. The molecule has 0 radical (unpaired) electrons. The third kappa shape index (κ3) is 5.28. The molecule has 1 heteroatoms. The third-order valence-electron chi connectivity index (χ3n) is 8.29. The first-order valence-electron chi connectivity index (χ1n) is 12.6. The maximum Gasteiger partial charge on any atom is 0.119 e. The van der Waals surface area contributed by atoms with E-state index in [2.05, 4.69) is 44.2 Å². The van der Waals surface area contributed by atoms with E-state index in [9.17, 15) is 0 Å². The Morgan fingerprint density at radius 3 is 2.52 bits per heavy atom. The molecule has 0 aliphatic heterocycles. The molecule has 2 fully saturated rings. The minimum Gasteiger partial charge on any atom is -0.494 e. The van der Waals surface area contributed by atoms with E-state index in [0.29, 0.717) is 0 Å². The van der Waals surface area contributed by atoms with Crippen LogP contribution in [-0.4, -0.2) is 6.61 Å². The molecule has 2 saturated carbocycles. The standard InChI is InChI=1S/C28H42O/c1-3-5-6-16-29-28-15-14-26-19-25(12-13-27(26)20-28)24-11-10-22-17-21(7-4-2)8-9-23(22)18-24/h4,7,14-15,20-25H,3,5-6,8-13,16-19H2,1-2H3. The average Bonchev–Trinajstić information content (AvgIpc) is 2.76. The first kappa shape index (κ1) is 21.0. The van der Waals surface area contributed by atoms with Crippen LogP contribution in [0, 0.1) is 29.6 Å². The molecule has 3 aliphatic carbocycles. The molecule has 0 aromatic heterocycles. The van der Waals surface area contributed by atoms with Gasteiger partial charge in [-0.05, 0) is 124 Å². The van der Waals surface area contributed by atoms with Crippen molar-refractivity contribution in [3.8, 4) is 5.75 Å². The van der Waals surface area contributed by atoms with Gasteiger partial charge >= 0.3 is 0 Å². The maximum atomic E-state index is 6.00. The number of aryl methyl sites for hydroxylation is 1. The molecule has 5 atom stereocenters. The van der Waals surface area contributed by atoms with Gasteiger partial charge in [-0.15, -0.1) is 0 Å². The minimum absolute atomic E-state index is 0.870. The summed E-state index contributed by atoms with van der Waals surface area (Å²) in [7, 11) is 0. The van der Waals surface area contributed by atoms with Gasteiger partial charge in [0, 0.05) is 0 Å². The highest BCUT2D eigenvalue weighted by Crippen LogP contribution is 2.48. The predicted molar refractivity (Wildman–Crippen MR) is 123 cm³/mol. The van der Waals surface area contributed by atoms with Crippen molar-refractivity contribution in [2.24, 2.45) is 29.6 Å². The van der Waals surface area contributed by atoms with Crippen LogP contribution in [0.15, 0.2) is 30.4 Å². The SMILES string of the molecule is CC=CC1CCC2CC(C3CCc4cc(OCCCCC)ccc4C3)CCC2C1. The highest BCUT2D eigenvalue weighted by atomic mass is 16.5. The normalized spacial score (nSPS) is 32.0. The van der Waals surface area contributed by atoms with Crippen LogP contribution in [0.25, 0.3) is 0 Å². The summed E-state index contributed by atoms with van der Waals surface area (Å²) in [5, 5.41) is 0. The highest BCUT2D eigenvalue weighted by molar-refractivity contribution is 5.37. The number of ether oxygens (including phenoxy) is 1. The zero-order valence-corrected chi connectivity index (χ0v) is 18.9. The van der Waals surface area contributed by atoms with E-state index in [4.69, 9.17) is 4.74 Å².